The van der Waals surface area contributed by atoms with E-state index in [0.717, 1.165) is 11.3 Å². The Kier molecular flexibility index (Phi) is 4.37. The third-order valence-electron chi connectivity index (χ3n) is 2.58. The summed E-state index contributed by atoms with van der Waals surface area (Å²) in [5, 5.41) is 9.08. The first-order valence-electron chi connectivity index (χ1n) is 5.96. The molecule has 5 nitrogen and oxygen atoms in total. The van der Waals surface area contributed by atoms with Crippen molar-refractivity contribution in [2.75, 3.05) is 4.72 Å². The Bertz CT molecular complexity index is 728. The molecule has 0 aliphatic rings. The van der Waals surface area contributed by atoms with Gasteiger partial charge in [-0.3, -0.25) is 4.72 Å². The Hall–Kier alpha value is -1.91. The minimum atomic E-state index is -3.49. The summed E-state index contributed by atoms with van der Waals surface area (Å²) in [6.07, 6.45) is 2.50. The average Bonchev–Trinajstić information content (AvgIpc) is 2.86. The second kappa shape index (κ2) is 6.03. The smallest absolute Gasteiger partial charge is 0.238 e. The predicted octanol–water partition coefficient (Wildman–Crippen LogP) is 2.52. The number of rotatable bonds is 5. The summed E-state index contributed by atoms with van der Waals surface area (Å²) in [5.41, 5.74) is 1.13. The van der Waals surface area contributed by atoms with Gasteiger partial charge in [-0.25, -0.2) is 13.4 Å². The maximum absolute atomic E-state index is 12.0. The lowest BCUT2D eigenvalue weighted by atomic mass is 10.2. The summed E-state index contributed by atoms with van der Waals surface area (Å²) in [6.45, 7) is 1.99. The third kappa shape index (κ3) is 3.79. The Morgan fingerprint density at radius 2 is 2.05 bits per heavy atom. The molecule has 0 radical (unpaired) electrons. The number of aromatic nitrogens is 1. The van der Waals surface area contributed by atoms with Crippen LogP contribution in [-0.4, -0.2) is 13.4 Å². The van der Waals surface area contributed by atoms with Crippen LogP contribution in [0.2, 0.25) is 0 Å². The fourth-order valence-corrected chi connectivity index (χ4v) is 3.76. The molecule has 0 spiro atoms. The molecule has 0 saturated heterocycles. The van der Waals surface area contributed by atoms with Gasteiger partial charge in [0.15, 0.2) is 5.13 Å². The van der Waals surface area contributed by atoms with Crippen molar-refractivity contribution in [3.8, 4) is 6.07 Å². The molecule has 2 aromatic rings. The first-order chi connectivity index (χ1) is 9.52. The molecule has 7 heteroatoms. The Morgan fingerprint density at radius 3 is 2.60 bits per heavy atom. The molecule has 1 N–H and O–H groups in total. The number of benzene rings is 1. The number of sulfonamides is 1. The van der Waals surface area contributed by atoms with Gasteiger partial charge in [0.2, 0.25) is 10.0 Å². The second-order valence-corrected chi connectivity index (χ2v) is 6.99. The highest BCUT2D eigenvalue weighted by Crippen LogP contribution is 2.20. The molecule has 0 aliphatic heterocycles. The SMILES string of the molecule is CCc1cnc(NS(=O)(=O)Cc2ccc(C#N)cc2)s1. The lowest BCUT2D eigenvalue weighted by Crippen LogP contribution is -2.14. The highest BCUT2D eigenvalue weighted by atomic mass is 32.2. The lowest BCUT2D eigenvalue weighted by Gasteiger charge is -2.05. The number of hydrogen-bond acceptors (Lipinski definition) is 5. The molecular formula is C13H13N3O2S2. The highest BCUT2D eigenvalue weighted by Gasteiger charge is 2.14. The molecule has 0 atom stereocenters. The molecule has 0 unspecified atom stereocenters. The zero-order valence-corrected chi connectivity index (χ0v) is 12.5. The molecule has 0 saturated carbocycles. The maximum atomic E-state index is 12.0. The molecule has 0 amide bonds. The summed E-state index contributed by atoms with van der Waals surface area (Å²) in [6, 6.07) is 8.47. The Morgan fingerprint density at radius 1 is 1.35 bits per heavy atom. The van der Waals surface area contributed by atoms with Crippen LogP contribution in [0.3, 0.4) is 0 Å². The van der Waals surface area contributed by atoms with Crippen molar-refractivity contribution in [1.29, 1.82) is 5.26 Å². The van der Waals surface area contributed by atoms with Gasteiger partial charge in [-0.05, 0) is 24.1 Å². The number of nitriles is 1. The van der Waals surface area contributed by atoms with Crippen LogP contribution >= 0.6 is 11.3 Å². The van der Waals surface area contributed by atoms with Gasteiger partial charge >= 0.3 is 0 Å². The van der Waals surface area contributed by atoms with E-state index in [1.807, 2.05) is 13.0 Å². The summed E-state index contributed by atoms with van der Waals surface area (Å²) in [7, 11) is -3.49. The van der Waals surface area contributed by atoms with Crippen LogP contribution < -0.4 is 4.72 Å². The van der Waals surface area contributed by atoms with Crippen molar-refractivity contribution < 1.29 is 8.42 Å². The van der Waals surface area contributed by atoms with Gasteiger partial charge < -0.3 is 0 Å². The minimum Gasteiger partial charge on any atom is -0.258 e. The van der Waals surface area contributed by atoms with E-state index in [1.165, 1.54) is 11.3 Å². The molecular weight excluding hydrogens is 294 g/mol. The molecule has 2 rings (SSSR count). The molecule has 104 valence electrons. The molecule has 1 aromatic carbocycles. The largest absolute Gasteiger partial charge is 0.258 e. The van der Waals surface area contributed by atoms with Crippen molar-refractivity contribution in [1.82, 2.24) is 4.98 Å². The van der Waals surface area contributed by atoms with Gasteiger partial charge in [-0.2, -0.15) is 5.26 Å². The van der Waals surface area contributed by atoms with E-state index in [-0.39, 0.29) is 5.75 Å². The third-order valence-corrected chi connectivity index (χ3v) is 4.99. The molecule has 0 aliphatic carbocycles. The van der Waals surface area contributed by atoms with Crippen LogP contribution in [0, 0.1) is 11.3 Å². The maximum Gasteiger partial charge on any atom is 0.238 e. The van der Waals surface area contributed by atoms with E-state index >= 15 is 0 Å². The number of anilines is 1. The van der Waals surface area contributed by atoms with E-state index in [9.17, 15) is 8.42 Å². The summed E-state index contributed by atoms with van der Waals surface area (Å²) < 4.78 is 26.5. The Balaban J connectivity index is 2.08. The van der Waals surface area contributed by atoms with Crippen LogP contribution in [0.15, 0.2) is 30.5 Å². The summed E-state index contributed by atoms with van der Waals surface area (Å²) >= 11 is 1.33. The second-order valence-electron chi connectivity index (χ2n) is 4.16. The van der Waals surface area contributed by atoms with Gasteiger partial charge in [-0.15, -0.1) is 11.3 Å². The van der Waals surface area contributed by atoms with Crippen LogP contribution in [0.1, 0.15) is 22.9 Å². The number of aryl methyl sites for hydroxylation is 1. The van der Waals surface area contributed by atoms with E-state index in [2.05, 4.69) is 9.71 Å². The quantitative estimate of drug-likeness (QED) is 0.920. The molecule has 1 aromatic heterocycles. The highest BCUT2D eigenvalue weighted by molar-refractivity contribution is 7.92. The van der Waals surface area contributed by atoms with Gasteiger partial charge in [-0.1, -0.05) is 19.1 Å². The average molecular weight is 307 g/mol. The van der Waals surface area contributed by atoms with Gasteiger partial charge in [0, 0.05) is 11.1 Å². The number of thiazole rings is 1. The normalized spacial score (nSPS) is 11.0. The van der Waals surface area contributed by atoms with E-state index in [4.69, 9.17) is 5.26 Å². The van der Waals surface area contributed by atoms with Gasteiger partial charge in [0.1, 0.15) is 0 Å². The number of hydrogen-bond donors (Lipinski definition) is 1. The zero-order chi connectivity index (χ0) is 14.6. The Labute approximate surface area is 122 Å². The van der Waals surface area contributed by atoms with Crippen molar-refractivity contribution in [3.05, 3.63) is 46.5 Å². The van der Waals surface area contributed by atoms with Crippen molar-refractivity contribution in [2.24, 2.45) is 0 Å². The number of nitrogens with one attached hydrogen (secondary N) is 1. The van der Waals surface area contributed by atoms with Crippen molar-refractivity contribution in [2.45, 2.75) is 19.1 Å². The summed E-state index contributed by atoms with van der Waals surface area (Å²) in [5.74, 6) is -0.139. The van der Waals surface area contributed by atoms with Crippen molar-refractivity contribution >= 4 is 26.5 Å². The summed E-state index contributed by atoms with van der Waals surface area (Å²) in [4.78, 5) is 5.06. The predicted molar refractivity (Wildman–Crippen MR) is 78.9 cm³/mol. The monoisotopic (exact) mass is 307 g/mol. The fraction of sp³-hybridized carbons (Fsp3) is 0.231. The molecule has 20 heavy (non-hydrogen) atoms. The minimum absolute atomic E-state index is 0.139. The van der Waals surface area contributed by atoms with E-state index < -0.39 is 10.0 Å². The lowest BCUT2D eigenvalue weighted by molar-refractivity contribution is 0.600. The standard InChI is InChI=1S/C13H13N3O2S2/c1-2-12-8-15-13(19-12)16-20(17,18)9-11-5-3-10(7-14)4-6-11/h3-6,8H,2,9H2,1H3,(H,15,16). The van der Waals surface area contributed by atoms with E-state index in [1.54, 1.807) is 30.5 Å². The van der Waals surface area contributed by atoms with Gasteiger partial charge in [0.25, 0.3) is 0 Å². The van der Waals surface area contributed by atoms with Crippen LogP contribution in [0.5, 0.6) is 0 Å². The molecule has 0 bridgehead atoms. The van der Waals surface area contributed by atoms with Crippen LogP contribution in [0.25, 0.3) is 0 Å². The van der Waals surface area contributed by atoms with Crippen molar-refractivity contribution in [3.63, 3.8) is 0 Å². The molecule has 0 fully saturated rings. The molecule has 1 heterocycles. The first-order valence-corrected chi connectivity index (χ1v) is 8.43. The topological polar surface area (TPSA) is 82.8 Å². The van der Waals surface area contributed by atoms with Crippen LogP contribution in [-0.2, 0) is 22.2 Å². The number of nitrogens with zero attached hydrogens (tertiary/aromatic N) is 2. The van der Waals surface area contributed by atoms with E-state index in [0.29, 0.717) is 16.3 Å². The van der Waals surface area contributed by atoms with Gasteiger partial charge in [0.05, 0.1) is 17.4 Å². The fourth-order valence-electron chi connectivity index (χ4n) is 1.58. The van der Waals surface area contributed by atoms with Crippen LogP contribution in [0.4, 0.5) is 5.13 Å². The zero-order valence-electron chi connectivity index (χ0n) is 10.8. The first kappa shape index (κ1) is 14.5.